The maximum absolute atomic E-state index is 12.3. The first kappa shape index (κ1) is 15.6. The van der Waals surface area contributed by atoms with Crippen LogP contribution in [-0.2, 0) is 11.3 Å². The summed E-state index contributed by atoms with van der Waals surface area (Å²) in [7, 11) is 0. The average molecular weight is 413 g/mol. The van der Waals surface area contributed by atoms with Gasteiger partial charge in [0, 0.05) is 27.0 Å². The Kier molecular flexibility index (Phi) is 3.87. The van der Waals surface area contributed by atoms with Crippen molar-refractivity contribution in [2.75, 3.05) is 6.54 Å². The molecule has 1 aliphatic rings. The Morgan fingerprint density at radius 2 is 2.14 bits per heavy atom. The molecule has 1 unspecified atom stereocenters. The molecule has 5 heteroatoms. The standard InChI is InChI=1S/C17H20INO3/c1-10-8-19(16(20)22-17(2,3)4)9-14-15(10)12-6-5-11(18)7-13(12)21-14/h5-7,10H,8-9H2,1-4H3. The summed E-state index contributed by atoms with van der Waals surface area (Å²) in [6.45, 7) is 8.90. The molecule has 4 nitrogen and oxygen atoms in total. The van der Waals surface area contributed by atoms with Gasteiger partial charge in [0.15, 0.2) is 0 Å². The quantitative estimate of drug-likeness (QED) is 0.578. The zero-order chi connectivity index (χ0) is 16.1. The SMILES string of the molecule is CC1CN(C(=O)OC(C)(C)C)Cc2oc3cc(I)ccc3c21. The molecule has 1 amide bonds. The number of fused-ring (bicyclic) bond motifs is 3. The third-order valence-corrected chi connectivity index (χ3v) is 4.41. The van der Waals surface area contributed by atoms with E-state index in [1.165, 1.54) is 5.56 Å². The molecule has 22 heavy (non-hydrogen) atoms. The third kappa shape index (κ3) is 2.95. The number of hydrogen-bond acceptors (Lipinski definition) is 3. The van der Waals surface area contributed by atoms with Gasteiger partial charge in [0.05, 0.1) is 6.54 Å². The van der Waals surface area contributed by atoms with Crippen LogP contribution in [0.15, 0.2) is 22.6 Å². The molecule has 118 valence electrons. The van der Waals surface area contributed by atoms with E-state index in [4.69, 9.17) is 9.15 Å². The number of halogens is 1. The lowest BCUT2D eigenvalue weighted by Gasteiger charge is -2.32. The van der Waals surface area contributed by atoms with Crippen molar-refractivity contribution in [1.29, 1.82) is 0 Å². The van der Waals surface area contributed by atoms with Crippen molar-refractivity contribution in [2.45, 2.75) is 45.8 Å². The van der Waals surface area contributed by atoms with Crippen LogP contribution >= 0.6 is 22.6 Å². The molecule has 1 atom stereocenters. The van der Waals surface area contributed by atoms with Gasteiger partial charge >= 0.3 is 6.09 Å². The Bertz CT molecular complexity index is 729. The summed E-state index contributed by atoms with van der Waals surface area (Å²) in [4.78, 5) is 14.0. The smallest absolute Gasteiger partial charge is 0.410 e. The van der Waals surface area contributed by atoms with Crippen LogP contribution in [-0.4, -0.2) is 23.1 Å². The highest BCUT2D eigenvalue weighted by Gasteiger charge is 2.32. The zero-order valence-corrected chi connectivity index (χ0v) is 15.4. The molecule has 1 aromatic carbocycles. The fourth-order valence-corrected chi connectivity index (χ4v) is 3.39. The molecular formula is C17H20INO3. The van der Waals surface area contributed by atoms with Gasteiger partial charge in [-0.2, -0.15) is 0 Å². The molecule has 1 aliphatic heterocycles. The molecule has 2 aromatic rings. The predicted octanol–water partition coefficient (Wildman–Crippen LogP) is 4.89. The summed E-state index contributed by atoms with van der Waals surface area (Å²) in [6.07, 6.45) is -0.278. The Morgan fingerprint density at radius 1 is 1.41 bits per heavy atom. The number of benzene rings is 1. The van der Waals surface area contributed by atoms with Crippen molar-refractivity contribution in [3.8, 4) is 0 Å². The second-order valence-electron chi connectivity index (χ2n) is 6.84. The summed E-state index contributed by atoms with van der Waals surface area (Å²) in [5.41, 5.74) is 1.64. The minimum Gasteiger partial charge on any atom is -0.459 e. The molecular weight excluding hydrogens is 393 g/mol. The molecule has 0 radical (unpaired) electrons. The highest BCUT2D eigenvalue weighted by atomic mass is 127. The average Bonchev–Trinajstić information content (AvgIpc) is 2.74. The highest BCUT2D eigenvalue weighted by Crippen LogP contribution is 2.37. The molecule has 1 aromatic heterocycles. The van der Waals surface area contributed by atoms with Crippen LogP contribution < -0.4 is 0 Å². The van der Waals surface area contributed by atoms with E-state index in [1.54, 1.807) is 4.90 Å². The van der Waals surface area contributed by atoms with Gasteiger partial charge in [-0.05, 0) is 61.6 Å². The van der Waals surface area contributed by atoms with Gasteiger partial charge < -0.3 is 14.1 Å². The topological polar surface area (TPSA) is 42.7 Å². The maximum Gasteiger partial charge on any atom is 0.410 e. The van der Waals surface area contributed by atoms with E-state index >= 15 is 0 Å². The van der Waals surface area contributed by atoms with Crippen molar-refractivity contribution >= 4 is 39.7 Å². The van der Waals surface area contributed by atoms with Crippen molar-refractivity contribution in [3.05, 3.63) is 33.1 Å². The molecule has 0 fully saturated rings. The van der Waals surface area contributed by atoms with Crippen molar-refractivity contribution in [2.24, 2.45) is 0 Å². The van der Waals surface area contributed by atoms with Crippen molar-refractivity contribution in [1.82, 2.24) is 4.90 Å². The zero-order valence-electron chi connectivity index (χ0n) is 13.3. The van der Waals surface area contributed by atoms with Gasteiger partial charge in [-0.1, -0.05) is 6.92 Å². The van der Waals surface area contributed by atoms with E-state index in [-0.39, 0.29) is 12.0 Å². The van der Waals surface area contributed by atoms with Crippen LogP contribution in [0, 0.1) is 3.57 Å². The minimum atomic E-state index is -0.482. The second kappa shape index (κ2) is 5.44. The number of rotatable bonds is 0. The molecule has 3 rings (SSSR count). The van der Waals surface area contributed by atoms with Gasteiger partial charge in [-0.3, -0.25) is 0 Å². The molecule has 0 bridgehead atoms. The minimum absolute atomic E-state index is 0.234. The Hall–Kier alpha value is -1.24. The van der Waals surface area contributed by atoms with Gasteiger partial charge in [0.1, 0.15) is 16.9 Å². The number of carbonyl (C=O) groups is 1. The monoisotopic (exact) mass is 413 g/mol. The fraction of sp³-hybridized carbons (Fsp3) is 0.471. The van der Waals surface area contributed by atoms with Crippen LogP contribution in [0.4, 0.5) is 4.79 Å². The summed E-state index contributed by atoms with van der Waals surface area (Å²) in [5.74, 6) is 1.11. The van der Waals surface area contributed by atoms with Crippen LogP contribution in [0.3, 0.4) is 0 Å². The van der Waals surface area contributed by atoms with E-state index in [0.717, 1.165) is 20.3 Å². The molecule has 0 N–H and O–H groups in total. The van der Waals surface area contributed by atoms with Crippen molar-refractivity contribution in [3.63, 3.8) is 0 Å². The van der Waals surface area contributed by atoms with Crippen molar-refractivity contribution < 1.29 is 13.9 Å². The van der Waals surface area contributed by atoms with Gasteiger partial charge in [-0.15, -0.1) is 0 Å². The van der Waals surface area contributed by atoms with Crippen LogP contribution in [0.2, 0.25) is 0 Å². The number of amides is 1. The first-order chi connectivity index (χ1) is 10.2. The largest absolute Gasteiger partial charge is 0.459 e. The Labute approximate surface area is 143 Å². The summed E-state index contributed by atoms with van der Waals surface area (Å²) in [6, 6.07) is 6.24. The van der Waals surface area contributed by atoms with Crippen LogP contribution in [0.25, 0.3) is 11.0 Å². The molecule has 0 aliphatic carbocycles. The Balaban J connectivity index is 1.93. The van der Waals surface area contributed by atoms with E-state index in [0.29, 0.717) is 13.1 Å². The fourth-order valence-electron chi connectivity index (χ4n) is 2.92. The number of ether oxygens (including phenoxy) is 1. The molecule has 0 saturated carbocycles. The maximum atomic E-state index is 12.3. The predicted molar refractivity (Wildman–Crippen MR) is 94.0 cm³/mol. The summed E-state index contributed by atoms with van der Waals surface area (Å²) in [5, 5.41) is 1.16. The van der Waals surface area contributed by atoms with Crippen LogP contribution in [0.1, 0.15) is 44.9 Å². The van der Waals surface area contributed by atoms with E-state index in [9.17, 15) is 4.79 Å². The summed E-state index contributed by atoms with van der Waals surface area (Å²) < 4.78 is 12.6. The number of carbonyl (C=O) groups excluding carboxylic acids is 1. The lowest BCUT2D eigenvalue weighted by Crippen LogP contribution is -2.40. The lowest BCUT2D eigenvalue weighted by atomic mass is 9.94. The number of hydrogen-bond donors (Lipinski definition) is 0. The normalized spacial score (nSPS) is 18.4. The highest BCUT2D eigenvalue weighted by molar-refractivity contribution is 14.1. The van der Waals surface area contributed by atoms with E-state index in [2.05, 4.69) is 41.6 Å². The first-order valence-corrected chi connectivity index (χ1v) is 8.51. The van der Waals surface area contributed by atoms with Gasteiger partial charge in [0.25, 0.3) is 0 Å². The molecule has 0 saturated heterocycles. The number of furan rings is 1. The van der Waals surface area contributed by atoms with E-state index in [1.807, 2.05) is 26.8 Å². The molecule has 2 heterocycles. The van der Waals surface area contributed by atoms with Crippen LogP contribution in [0.5, 0.6) is 0 Å². The first-order valence-electron chi connectivity index (χ1n) is 7.43. The Morgan fingerprint density at radius 3 is 2.82 bits per heavy atom. The lowest BCUT2D eigenvalue weighted by molar-refractivity contribution is 0.0194. The van der Waals surface area contributed by atoms with Gasteiger partial charge in [0.2, 0.25) is 0 Å². The van der Waals surface area contributed by atoms with E-state index < -0.39 is 5.60 Å². The molecule has 0 spiro atoms. The summed E-state index contributed by atoms with van der Waals surface area (Å²) >= 11 is 2.28. The van der Waals surface area contributed by atoms with Gasteiger partial charge in [-0.25, -0.2) is 4.79 Å². The third-order valence-electron chi connectivity index (χ3n) is 3.74. The second-order valence-corrected chi connectivity index (χ2v) is 8.09. The number of nitrogens with zero attached hydrogens (tertiary/aromatic N) is 1.